The predicted octanol–water partition coefficient (Wildman–Crippen LogP) is 2.75. The number of hydrogen-bond donors (Lipinski definition) is 3. The maximum Gasteiger partial charge on any atom is 0.133 e. The van der Waals surface area contributed by atoms with Gasteiger partial charge in [-0.1, -0.05) is 29.3 Å². The van der Waals surface area contributed by atoms with Crippen molar-refractivity contribution < 1.29 is 15.3 Å². The summed E-state index contributed by atoms with van der Waals surface area (Å²) in [5, 5.41) is 31.0. The van der Waals surface area contributed by atoms with E-state index >= 15 is 0 Å². The summed E-state index contributed by atoms with van der Waals surface area (Å²) in [5.74, 6) is 1.07. The minimum Gasteiger partial charge on any atom is -0.506 e. The van der Waals surface area contributed by atoms with Gasteiger partial charge in [0.05, 0.1) is 17.5 Å². The molecular weight excluding hydrogens is 352 g/mol. The summed E-state index contributed by atoms with van der Waals surface area (Å²) in [7, 11) is 0. The number of aromatic nitrogens is 1. The zero-order chi connectivity index (χ0) is 19.9. The molecule has 5 nitrogen and oxygen atoms in total. The number of fused-ring (bicyclic) bond motifs is 1. The first-order valence-electron chi connectivity index (χ1n) is 10.1. The van der Waals surface area contributed by atoms with Gasteiger partial charge in [0.2, 0.25) is 0 Å². The van der Waals surface area contributed by atoms with Crippen LogP contribution in [0.5, 0.6) is 5.75 Å². The van der Waals surface area contributed by atoms with Crippen molar-refractivity contribution in [3.05, 3.63) is 58.9 Å². The van der Waals surface area contributed by atoms with Gasteiger partial charge in [-0.25, -0.2) is 0 Å². The van der Waals surface area contributed by atoms with E-state index in [0.717, 1.165) is 32.4 Å². The van der Waals surface area contributed by atoms with Crippen molar-refractivity contribution in [1.29, 1.82) is 0 Å². The van der Waals surface area contributed by atoms with E-state index in [-0.39, 0.29) is 5.75 Å². The fraction of sp³-hybridized carbons (Fsp3) is 0.522. The molecule has 0 radical (unpaired) electrons. The van der Waals surface area contributed by atoms with Gasteiger partial charge in [0, 0.05) is 26.1 Å². The summed E-state index contributed by atoms with van der Waals surface area (Å²) in [6.45, 7) is 6.58. The lowest BCUT2D eigenvalue weighted by molar-refractivity contribution is 0.0327. The maximum absolute atomic E-state index is 11.2. The number of hydrogen-bond acceptors (Lipinski definition) is 5. The topological polar surface area (TPSA) is 76.8 Å². The second-order valence-corrected chi connectivity index (χ2v) is 9.00. The molecule has 0 amide bonds. The standard InChI is InChI=1S/C23H30N2O3/c1-15-5-16(2)7-17(6-15)8-23(28)9-18-12-25(13-19(18)10-23)14-22(27)21-4-3-20(26)11-24-21/h3-7,11,18-19,22,26-28H,8-10,12-14H2,1-2H3/t18-,19+,22?,23?. The molecule has 5 heteroatoms. The molecule has 1 aliphatic heterocycles. The van der Waals surface area contributed by atoms with Crippen LogP contribution in [-0.2, 0) is 6.42 Å². The van der Waals surface area contributed by atoms with E-state index in [0.29, 0.717) is 24.1 Å². The summed E-state index contributed by atoms with van der Waals surface area (Å²) in [6, 6.07) is 9.76. The van der Waals surface area contributed by atoms with Gasteiger partial charge in [-0.05, 0) is 56.2 Å². The molecular formula is C23H30N2O3. The Bertz CT molecular complexity index is 802. The number of aliphatic hydroxyl groups is 2. The molecule has 150 valence electrons. The molecule has 1 aromatic heterocycles. The maximum atomic E-state index is 11.2. The normalized spacial score (nSPS) is 28.4. The first kappa shape index (κ1) is 19.4. The smallest absolute Gasteiger partial charge is 0.133 e. The molecule has 2 aliphatic rings. The van der Waals surface area contributed by atoms with Crippen LogP contribution < -0.4 is 0 Å². The lowest BCUT2D eigenvalue weighted by atomic mass is 9.90. The van der Waals surface area contributed by atoms with Crippen LogP contribution in [0.25, 0.3) is 0 Å². The van der Waals surface area contributed by atoms with Crippen molar-refractivity contribution in [2.75, 3.05) is 19.6 Å². The van der Waals surface area contributed by atoms with Crippen molar-refractivity contribution in [3.63, 3.8) is 0 Å². The third-order valence-electron chi connectivity index (χ3n) is 6.29. The number of aryl methyl sites for hydroxylation is 2. The Balaban J connectivity index is 1.34. The zero-order valence-corrected chi connectivity index (χ0v) is 16.7. The highest BCUT2D eigenvalue weighted by Crippen LogP contribution is 2.45. The number of β-amino-alcohol motifs (C(OH)–C–C–N with tert-alkyl or cyclic N) is 1. The third kappa shape index (κ3) is 4.22. The van der Waals surface area contributed by atoms with Crippen LogP contribution >= 0.6 is 0 Å². The van der Waals surface area contributed by atoms with E-state index in [1.54, 1.807) is 12.1 Å². The molecule has 2 aromatic rings. The number of aliphatic hydroxyl groups excluding tert-OH is 1. The van der Waals surface area contributed by atoms with E-state index in [2.05, 4.69) is 41.9 Å². The number of rotatable bonds is 5. The lowest BCUT2D eigenvalue weighted by Gasteiger charge is -2.27. The van der Waals surface area contributed by atoms with Gasteiger partial charge in [-0.2, -0.15) is 0 Å². The highest BCUT2D eigenvalue weighted by atomic mass is 16.3. The van der Waals surface area contributed by atoms with Crippen LogP contribution in [0.15, 0.2) is 36.5 Å². The Morgan fingerprint density at radius 3 is 2.32 bits per heavy atom. The third-order valence-corrected chi connectivity index (χ3v) is 6.29. The predicted molar refractivity (Wildman–Crippen MR) is 108 cm³/mol. The molecule has 2 unspecified atom stereocenters. The second-order valence-electron chi connectivity index (χ2n) is 9.00. The van der Waals surface area contributed by atoms with Crippen LogP contribution in [0.2, 0.25) is 0 Å². The van der Waals surface area contributed by atoms with Crippen molar-refractivity contribution in [2.45, 2.75) is 44.8 Å². The van der Waals surface area contributed by atoms with Crippen LogP contribution in [-0.4, -0.2) is 50.4 Å². The summed E-state index contributed by atoms with van der Waals surface area (Å²) >= 11 is 0. The second kappa shape index (κ2) is 7.47. The van der Waals surface area contributed by atoms with Gasteiger partial charge in [0.25, 0.3) is 0 Å². The minimum atomic E-state index is -0.659. The van der Waals surface area contributed by atoms with Gasteiger partial charge in [0.15, 0.2) is 0 Å². The van der Waals surface area contributed by atoms with Gasteiger partial charge in [0.1, 0.15) is 11.9 Å². The molecule has 4 rings (SSSR count). The van der Waals surface area contributed by atoms with E-state index in [1.807, 2.05) is 0 Å². The van der Waals surface area contributed by atoms with Crippen LogP contribution in [0.4, 0.5) is 0 Å². The SMILES string of the molecule is Cc1cc(C)cc(CC2(O)C[C@H]3CN(CC(O)c4ccc(O)cn4)C[C@H]3C2)c1. The van der Waals surface area contributed by atoms with Gasteiger partial charge >= 0.3 is 0 Å². The molecule has 0 bridgehead atoms. The molecule has 3 N–H and O–H groups in total. The zero-order valence-electron chi connectivity index (χ0n) is 16.7. The summed E-state index contributed by atoms with van der Waals surface area (Å²) in [5.41, 5.74) is 3.70. The largest absolute Gasteiger partial charge is 0.506 e. The fourth-order valence-electron chi connectivity index (χ4n) is 5.33. The van der Waals surface area contributed by atoms with E-state index < -0.39 is 11.7 Å². The summed E-state index contributed by atoms with van der Waals surface area (Å²) in [4.78, 5) is 6.39. The van der Waals surface area contributed by atoms with Crippen LogP contribution in [0.1, 0.15) is 41.3 Å². The average molecular weight is 383 g/mol. The number of pyridine rings is 1. The van der Waals surface area contributed by atoms with E-state index in [4.69, 9.17) is 0 Å². The summed E-state index contributed by atoms with van der Waals surface area (Å²) in [6.07, 6.45) is 3.09. The molecule has 4 atom stereocenters. The summed E-state index contributed by atoms with van der Waals surface area (Å²) < 4.78 is 0. The lowest BCUT2D eigenvalue weighted by Crippen LogP contribution is -2.33. The van der Waals surface area contributed by atoms with Gasteiger partial charge in [-0.15, -0.1) is 0 Å². The number of aromatic hydroxyl groups is 1. The molecule has 1 aromatic carbocycles. The molecule has 28 heavy (non-hydrogen) atoms. The van der Waals surface area contributed by atoms with Crippen molar-refractivity contribution in [2.24, 2.45) is 11.8 Å². The van der Waals surface area contributed by atoms with Crippen molar-refractivity contribution in [3.8, 4) is 5.75 Å². The van der Waals surface area contributed by atoms with E-state index in [1.165, 1.54) is 22.9 Å². The average Bonchev–Trinajstić information content (AvgIpc) is 3.08. The molecule has 1 aliphatic carbocycles. The highest BCUT2D eigenvalue weighted by Gasteiger charge is 2.48. The number of benzene rings is 1. The van der Waals surface area contributed by atoms with Gasteiger partial charge in [-0.3, -0.25) is 9.88 Å². The quantitative estimate of drug-likeness (QED) is 0.741. The van der Waals surface area contributed by atoms with E-state index in [9.17, 15) is 15.3 Å². The first-order chi connectivity index (χ1) is 13.3. The van der Waals surface area contributed by atoms with Crippen molar-refractivity contribution >= 4 is 0 Å². The van der Waals surface area contributed by atoms with Gasteiger partial charge < -0.3 is 15.3 Å². The Labute approximate surface area is 166 Å². The number of likely N-dealkylation sites (tertiary alicyclic amines) is 1. The molecule has 2 fully saturated rings. The Morgan fingerprint density at radius 2 is 1.75 bits per heavy atom. The first-order valence-corrected chi connectivity index (χ1v) is 10.1. The Hall–Kier alpha value is -1.95. The Morgan fingerprint density at radius 1 is 1.11 bits per heavy atom. The van der Waals surface area contributed by atoms with Crippen LogP contribution in [0.3, 0.4) is 0 Å². The fourth-order valence-corrected chi connectivity index (χ4v) is 5.33. The molecule has 0 spiro atoms. The van der Waals surface area contributed by atoms with Crippen molar-refractivity contribution in [1.82, 2.24) is 9.88 Å². The Kier molecular flexibility index (Phi) is 5.17. The molecule has 2 heterocycles. The minimum absolute atomic E-state index is 0.106. The molecule has 1 saturated heterocycles. The number of nitrogens with zero attached hydrogens (tertiary/aromatic N) is 2. The highest BCUT2D eigenvalue weighted by molar-refractivity contribution is 5.30. The molecule has 1 saturated carbocycles. The monoisotopic (exact) mass is 382 g/mol. The van der Waals surface area contributed by atoms with Crippen LogP contribution in [0, 0.1) is 25.7 Å².